The molecule has 3 N–H and O–H groups in total. The molecule has 0 saturated heterocycles. The Morgan fingerprint density at radius 3 is 2.65 bits per heavy atom. The lowest BCUT2D eigenvalue weighted by molar-refractivity contribution is 0.353. The highest BCUT2D eigenvalue weighted by molar-refractivity contribution is 6.30. The van der Waals surface area contributed by atoms with Crippen LogP contribution in [0.2, 0.25) is 5.02 Å². The van der Waals surface area contributed by atoms with E-state index in [2.05, 4.69) is 12.2 Å². The first-order valence-electron chi connectivity index (χ1n) is 5.88. The second-order valence-electron chi connectivity index (χ2n) is 4.06. The molecule has 0 aliphatic carbocycles. The number of nitrogens with two attached hydrogens (primary N) is 1. The molecular weight excluding hydrogens is 236 g/mol. The van der Waals surface area contributed by atoms with Gasteiger partial charge in [-0.1, -0.05) is 24.9 Å². The Labute approximate surface area is 108 Å². The van der Waals surface area contributed by atoms with Gasteiger partial charge in [0, 0.05) is 16.6 Å². The fourth-order valence-electron chi connectivity index (χ4n) is 2.13. The van der Waals surface area contributed by atoms with Gasteiger partial charge in [-0.05, 0) is 37.7 Å². The number of hydrogen-bond acceptors (Lipinski definition) is 3. The Morgan fingerprint density at radius 2 is 2.18 bits per heavy atom. The molecule has 0 aliphatic heterocycles. The first-order chi connectivity index (χ1) is 8.17. The normalized spacial score (nSPS) is 14.4. The monoisotopic (exact) mass is 256 g/mol. The number of ether oxygens (including phenoxy) is 1. The number of benzene rings is 1. The van der Waals surface area contributed by atoms with Crippen LogP contribution in [-0.2, 0) is 0 Å². The maximum atomic E-state index is 6.05. The van der Waals surface area contributed by atoms with Crippen molar-refractivity contribution in [3.05, 3.63) is 28.8 Å². The number of hydrogen-bond donors (Lipinski definition) is 2. The molecule has 0 fully saturated rings. The van der Waals surface area contributed by atoms with Crippen LogP contribution in [0, 0.1) is 5.92 Å². The van der Waals surface area contributed by atoms with Crippen molar-refractivity contribution < 1.29 is 4.74 Å². The number of nitrogens with one attached hydrogen (secondary N) is 1. The SMILES string of the molecule is CCC(CN)C(NC)c1cc(Cl)ccc1OC. The van der Waals surface area contributed by atoms with E-state index in [0.29, 0.717) is 17.5 Å². The number of rotatable bonds is 6. The summed E-state index contributed by atoms with van der Waals surface area (Å²) in [6.07, 6.45) is 1.01. The van der Waals surface area contributed by atoms with E-state index in [0.717, 1.165) is 17.7 Å². The molecule has 1 aromatic carbocycles. The summed E-state index contributed by atoms with van der Waals surface area (Å²) in [6, 6.07) is 5.84. The summed E-state index contributed by atoms with van der Waals surface area (Å²) in [7, 11) is 3.60. The van der Waals surface area contributed by atoms with Crippen LogP contribution in [0.3, 0.4) is 0 Å². The summed E-state index contributed by atoms with van der Waals surface area (Å²) in [5, 5.41) is 4.02. The molecule has 0 radical (unpaired) electrons. The minimum absolute atomic E-state index is 0.165. The molecule has 17 heavy (non-hydrogen) atoms. The predicted molar refractivity (Wildman–Crippen MR) is 72.6 cm³/mol. The minimum Gasteiger partial charge on any atom is -0.496 e. The van der Waals surface area contributed by atoms with E-state index in [-0.39, 0.29) is 6.04 Å². The molecule has 0 spiro atoms. The quantitative estimate of drug-likeness (QED) is 0.823. The Hall–Kier alpha value is -0.770. The summed E-state index contributed by atoms with van der Waals surface area (Å²) in [6.45, 7) is 2.77. The van der Waals surface area contributed by atoms with Crippen LogP contribution in [0.25, 0.3) is 0 Å². The standard InChI is InChI=1S/C13H21ClN2O/c1-4-9(8-15)13(16-2)11-7-10(14)5-6-12(11)17-3/h5-7,9,13,16H,4,8,15H2,1-3H3. The lowest BCUT2D eigenvalue weighted by atomic mass is 9.90. The van der Waals surface area contributed by atoms with Gasteiger partial charge in [0.25, 0.3) is 0 Å². The smallest absolute Gasteiger partial charge is 0.123 e. The van der Waals surface area contributed by atoms with E-state index < -0.39 is 0 Å². The minimum atomic E-state index is 0.165. The van der Waals surface area contributed by atoms with Crippen LogP contribution in [-0.4, -0.2) is 20.7 Å². The van der Waals surface area contributed by atoms with Gasteiger partial charge in [0.15, 0.2) is 0 Å². The summed E-state index contributed by atoms with van der Waals surface area (Å²) in [5.41, 5.74) is 6.88. The molecule has 3 nitrogen and oxygen atoms in total. The summed E-state index contributed by atoms with van der Waals surface area (Å²) in [4.78, 5) is 0. The molecule has 0 amide bonds. The van der Waals surface area contributed by atoms with Crippen molar-refractivity contribution in [1.82, 2.24) is 5.32 Å². The van der Waals surface area contributed by atoms with Gasteiger partial charge in [-0.25, -0.2) is 0 Å². The molecule has 96 valence electrons. The van der Waals surface area contributed by atoms with E-state index in [9.17, 15) is 0 Å². The first kappa shape index (κ1) is 14.3. The van der Waals surface area contributed by atoms with Crippen LogP contribution in [0.1, 0.15) is 24.9 Å². The molecule has 2 unspecified atom stereocenters. The van der Waals surface area contributed by atoms with Crippen molar-refractivity contribution in [2.75, 3.05) is 20.7 Å². The number of methoxy groups -OCH3 is 1. The van der Waals surface area contributed by atoms with Gasteiger partial charge < -0.3 is 15.8 Å². The average Bonchev–Trinajstić information content (AvgIpc) is 2.35. The zero-order valence-corrected chi connectivity index (χ0v) is 11.4. The Morgan fingerprint density at radius 1 is 1.47 bits per heavy atom. The van der Waals surface area contributed by atoms with Gasteiger partial charge in [-0.15, -0.1) is 0 Å². The van der Waals surface area contributed by atoms with Gasteiger partial charge in [-0.2, -0.15) is 0 Å². The van der Waals surface area contributed by atoms with E-state index >= 15 is 0 Å². The Bertz CT molecular complexity index is 353. The molecular formula is C13H21ClN2O. The molecule has 0 bridgehead atoms. The Balaban J connectivity index is 3.13. The highest BCUT2D eigenvalue weighted by Crippen LogP contribution is 2.33. The second kappa shape index (κ2) is 6.84. The highest BCUT2D eigenvalue weighted by Gasteiger charge is 2.22. The van der Waals surface area contributed by atoms with Crippen LogP contribution in [0.4, 0.5) is 0 Å². The molecule has 1 aromatic rings. The van der Waals surface area contributed by atoms with Crippen molar-refractivity contribution in [3.63, 3.8) is 0 Å². The molecule has 4 heteroatoms. The molecule has 2 atom stereocenters. The van der Waals surface area contributed by atoms with Gasteiger partial charge in [0.05, 0.1) is 7.11 Å². The second-order valence-corrected chi connectivity index (χ2v) is 4.49. The largest absolute Gasteiger partial charge is 0.496 e. The topological polar surface area (TPSA) is 47.3 Å². The van der Waals surface area contributed by atoms with E-state index in [4.69, 9.17) is 22.1 Å². The van der Waals surface area contributed by atoms with Gasteiger partial charge >= 0.3 is 0 Å². The number of halogens is 1. The van der Waals surface area contributed by atoms with Gasteiger partial charge in [0.1, 0.15) is 5.75 Å². The zero-order valence-electron chi connectivity index (χ0n) is 10.7. The maximum absolute atomic E-state index is 6.05. The summed E-state index contributed by atoms with van der Waals surface area (Å²) < 4.78 is 5.38. The molecule has 0 aromatic heterocycles. The first-order valence-corrected chi connectivity index (χ1v) is 6.26. The van der Waals surface area contributed by atoms with Crippen LogP contribution in [0.5, 0.6) is 5.75 Å². The third-order valence-electron chi connectivity index (χ3n) is 3.14. The summed E-state index contributed by atoms with van der Waals surface area (Å²) >= 11 is 6.05. The maximum Gasteiger partial charge on any atom is 0.123 e. The van der Waals surface area contributed by atoms with Gasteiger partial charge in [-0.3, -0.25) is 0 Å². The molecule has 1 rings (SSSR count). The van der Waals surface area contributed by atoms with Crippen LogP contribution >= 0.6 is 11.6 Å². The van der Waals surface area contributed by atoms with Crippen molar-refractivity contribution in [2.45, 2.75) is 19.4 Å². The molecule has 0 saturated carbocycles. The lowest BCUT2D eigenvalue weighted by Gasteiger charge is -2.26. The van der Waals surface area contributed by atoms with Crippen molar-refractivity contribution >= 4 is 11.6 Å². The summed E-state index contributed by atoms with van der Waals surface area (Å²) in [5.74, 6) is 1.22. The zero-order chi connectivity index (χ0) is 12.8. The predicted octanol–water partition coefficient (Wildman–Crippen LogP) is 2.59. The van der Waals surface area contributed by atoms with E-state index in [1.807, 2.05) is 25.2 Å². The highest BCUT2D eigenvalue weighted by atomic mass is 35.5. The van der Waals surface area contributed by atoms with Gasteiger partial charge in [0.2, 0.25) is 0 Å². The van der Waals surface area contributed by atoms with Crippen molar-refractivity contribution in [3.8, 4) is 5.75 Å². The Kier molecular flexibility index (Phi) is 5.75. The molecule has 0 aliphatic rings. The van der Waals surface area contributed by atoms with Crippen LogP contribution in [0.15, 0.2) is 18.2 Å². The van der Waals surface area contributed by atoms with Crippen LogP contribution < -0.4 is 15.8 Å². The van der Waals surface area contributed by atoms with Crippen molar-refractivity contribution in [1.29, 1.82) is 0 Å². The third kappa shape index (κ3) is 3.35. The average molecular weight is 257 g/mol. The molecule has 0 heterocycles. The van der Waals surface area contributed by atoms with E-state index in [1.165, 1.54) is 0 Å². The fourth-order valence-corrected chi connectivity index (χ4v) is 2.31. The lowest BCUT2D eigenvalue weighted by Crippen LogP contribution is -2.30. The fraction of sp³-hybridized carbons (Fsp3) is 0.538. The van der Waals surface area contributed by atoms with Crippen molar-refractivity contribution in [2.24, 2.45) is 11.7 Å². The van der Waals surface area contributed by atoms with E-state index in [1.54, 1.807) is 7.11 Å². The third-order valence-corrected chi connectivity index (χ3v) is 3.37.